The van der Waals surface area contributed by atoms with E-state index in [0.717, 1.165) is 6.07 Å². The topological polar surface area (TPSA) is 88.4 Å². The fraction of sp³-hybridized carbons (Fsp3) is 0.276. The van der Waals surface area contributed by atoms with E-state index in [1.807, 2.05) is 0 Å². The number of benzene rings is 3. The van der Waals surface area contributed by atoms with Crippen LogP contribution in [0.1, 0.15) is 51.2 Å². The van der Waals surface area contributed by atoms with E-state index in [9.17, 15) is 35.9 Å². The highest BCUT2D eigenvalue weighted by Crippen LogP contribution is 2.35. The van der Waals surface area contributed by atoms with Crippen molar-refractivity contribution in [3.63, 3.8) is 0 Å². The second-order valence-electron chi connectivity index (χ2n) is 9.11. The first-order valence-corrected chi connectivity index (χ1v) is 14.3. The predicted octanol–water partition coefficient (Wildman–Crippen LogP) is 6.13. The van der Waals surface area contributed by atoms with Crippen molar-refractivity contribution in [3.8, 4) is 0 Å². The third-order valence-corrected chi connectivity index (χ3v) is 8.54. The zero-order valence-corrected chi connectivity index (χ0v) is 23.0. The summed E-state index contributed by atoms with van der Waals surface area (Å²) in [5.74, 6) is -0.824. The number of carbonyl (C=O) groups is 1. The standard InChI is InChI=1S/C29H27ClF4N2O4S/c1-2-41(39,40)24-8-4-18(5-9-24)26(17-37)35-28(38)20-6-10-27-21(13-20)15-23(36(27)12-11-31)14-19-3-7-22(30)16-25(19)29(32,33)34/h3-10,13,15-16,26,37H,2,11-12,14,17H2,1H3,(H,35,38)/i11D2,12D2. The molecule has 41 heavy (non-hydrogen) atoms. The predicted molar refractivity (Wildman–Crippen MR) is 149 cm³/mol. The highest BCUT2D eigenvalue weighted by atomic mass is 35.5. The first-order valence-electron chi connectivity index (χ1n) is 14.2. The molecule has 4 rings (SSSR count). The Morgan fingerprint density at radius 3 is 2.41 bits per heavy atom. The van der Waals surface area contributed by atoms with Crippen molar-refractivity contribution >= 4 is 38.2 Å². The number of aliphatic hydroxyl groups is 1. The fourth-order valence-electron chi connectivity index (χ4n) is 4.43. The molecule has 1 aromatic heterocycles. The molecule has 0 bridgehead atoms. The molecule has 2 N–H and O–H groups in total. The van der Waals surface area contributed by atoms with Crippen LogP contribution in [0.4, 0.5) is 17.6 Å². The molecule has 0 aliphatic carbocycles. The minimum atomic E-state index is -4.83. The Hall–Kier alpha value is -3.41. The van der Waals surface area contributed by atoms with Crippen LogP contribution in [0.2, 0.25) is 5.02 Å². The number of aromatic nitrogens is 1. The normalized spacial score (nSPS) is 15.1. The summed E-state index contributed by atoms with van der Waals surface area (Å²) < 4.78 is 112. The van der Waals surface area contributed by atoms with E-state index in [0.29, 0.717) is 16.2 Å². The van der Waals surface area contributed by atoms with Crippen LogP contribution in [0.15, 0.2) is 71.6 Å². The van der Waals surface area contributed by atoms with Crippen LogP contribution in [0.25, 0.3) is 10.9 Å². The molecule has 0 fully saturated rings. The van der Waals surface area contributed by atoms with Crippen LogP contribution >= 0.6 is 11.6 Å². The first-order chi connectivity index (χ1) is 20.8. The molecule has 0 saturated heterocycles. The van der Waals surface area contributed by atoms with Gasteiger partial charge >= 0.3 is 6.18 Å². The summed E-state index contributed by atoms with van der Waals surface area (Å²) in [4.78, 5) is 13.2. The number of nitrogens with one attached hydrogen (secondary N) is 1. The second kappa shape index (κ2) is 12.2. The lowest BCUT2D eigenvalue weighted by Gasteiger charge is -2.17. The molecule has 0 aliphatic heterocycles. The zero-order chi connectivity index (χ0) is 33.5. The SMILES string of the molecule is [2H]C([2H])(F)C([2H])([2H])n1c(Cc2ccc(Cl)cc2C(F)(F)F)cc2cc(C(=O)NC(CO)c3ccc(S(=O)(=O)CC)cc3)ccc21. The smallest absolute Gasteiger partial charge is 0.394 e. The molecule has 0 saturated carbocycles. The van der Waals surface area contributed by atoms with E-state index in [1.54, 1.807) is 0 Å². The van der Waals surface area contributed by atoms with Gasteiger partial charge in [0, 0.05) is 33.6 Å². The number of carbonyl (C=O) groups excluding carboxylic acids is 1. The van der Waals surface area contributed by atoms with Gasteiger partial charge in [0.05, 0.1) is 40.8 Å². The minimum Gasteiger partial charge on any atom is -0.394 e. The van der Waals surface area contributed by atoms with E-state index in [1.165, 1.54) is 61.5 Å². The lowest BCUT2D eigenvalue weighted by molar-refractivity contribution is -0.138. The molecule has 4 aromatic rings. The molecule has 218 valence electrons. The van der Waals surface area contributed by atoms with Gasteiger partial charge in [0.1, 0.15) is 6.63 Å². The van der Waals surface area contributed by atoms with E-state index < -0.39 is 59.7 Å². The van der Waals surface area contributed by atoms with Crippen molar-refractivity contribution in [1.29, 1.82) is 0 Å². The maximum Gasteiger partial charge on any atom is 0.416 e. The number of amides is 1. The van der Waals surface area contributed by atoms with Crippen LogP contribution in [0.3, 0.4) is 0 Å². The third-order valence-electron chi connectivity index (χ3n) is 6.55. The quantitative estimate of drug-likeness (QED) is 0.210. The van der Waals surface area contributed by atoms with Crippen molar-refractivity contribution in [2.24, 2.45) is 0 Å². The monoisotopic (exact) mass is 614 g/mol. The van der Waals surface area contributed by atoms with Crippen LogP contribution in [0, 0.1) is 0 Å². The number of halogens is 5. The van der Waals surface area contributed by atoms with Gasteiger partial charge in [0.2, 0.25) is 0 Å². The Kier molecular flexibility index (Phi) is 7.54. The highest BCUT2D eigenvalue weighted by molar-refractivity contribution is 7.91. The summed E-state index contributed by atoms with van der Waals surface area (Å²) in [5.41, 5.74) is -1.35. The Morgan fingerprint density at radius 2 is 1.80 bits per heavy atom. The van der Waals surface area contributed by atoms with Gasteiger partial charge < -0.3 is 15.0 Å². The number of sulfone groups is 1. The van der Waals surface area contributed by atoms with Gasteiger partial charge in [-0.3, -0.25) is 4.79 Å². The minimum absolute atomic E-state index is 0.0128. The number of hydrogen-bond acceptors (Lipinski definition) is 4. The maximum atomic E-state index is 14.6. The zero-order valence-electron chi connectivity index (χ0n) is 25.5. The second-order valence-corrected chi connectivity index (χ2v) is 11.8. The number of rotatable bonds is 10. The summed E-state index contributed by atoms with van der Waals surface area (Å²) in [7, 11) is -3.47. The molecule has 3 aromatic carbocycles. The van der Waals surface area contributed by atoms with Gasteiger partial charge in [-0.15, -0.1) is 0 Å². The number of aliphatic hydroxyl groups excluding tert-OH is 1. The molecule has 0 spiro atoms. The van der Waals surface area contributed by atoms with E-state index >= 15 is 0 Å². The Labute approximate surface area is 245 Å². The van der Waals surface area contributed by atoms with Gasteiger partial charge in [-0.05, 0) is 59.7 Å². The third kappa shape index (κ3) is 6.74. The summed E-state index contributed by atoms with van der Waals surface area (Å²) in [6.07, 6.45) is -5.42. The van der Waals surface area contributed by atoms with Crippen LogP contribution in [0.5, 0.6) is 0 Å². The molecule has 1 atom stereocenters. The average molecular weight is 615 g/mol. The van der Waals surface area contributed by atoms with Crippen LogP contribution in [-0.2, 0) is 28.9 Å². The summed E-state index contributed by atoms with van der Waals surface area (Å²) in [6, 6.07) is 12.6. The first kappa shape index (κ1) is 25.3. The average Bonchev–Trinajstić information content (AvgIpc) is 3.33. The number of fused-ring (bicyclic) bond motifs is 1. The van der Waals surface area contributed by atoms with Crippen molar-refractivity contribution in [3.05, 3.63) is 99.7 Å². The Bertz CT molecular complexity index is 1840. The van der Waals surface area contributed by atoms with Gasteiger partial charge in [0.15, 0.2) is 9.84 Å². The number of hydrogen-bond donors (Lipinski definition) is 2. The van der Waals surface area contributed by atoms with Crippen molar-refractivity contribution in [2.45, 2.75) is 37.0 Å². The summed E-state index contributed by atoms with van der Waals surface area (Å²) in [5, 5.41) is 12.4. The van der Waals surface area contributed by atoms with Crippen molar-refractivity contribution in [2.75, 3.05) is 19.0 Å². The number of alkyl halides is 4. The van der Waals surface area contributed by atoms with Crippen LogP contribution in [-0.4, -0.2) is 43.0 Å². The van der Waals surface area contributed by atoms with Gasteiger partial charge in [0.25, 0.3) is 5.91 Å². The molecular formula is C29H27ClF4N2O4S. The molecular weight excluding hydrogens is 584 g/mol. The van der Waals surface area contributed by atoms with Gasteiger partial charge in [-0.1, -0.05) is 36.7 Å². The summed E-state index contributed by atoms with van der Waals surface area (Å²) >= 11 is 5.78. The van der Waals surface area contributed by atoms with E-state index in [2.05, 4.69) is 5.32 Å². The lowest BCUT2D eigenvalue weighted by atomic mass is 10.0. The summed E-state index contributed by atoms with van der Waals surface area (Å²) in [6.45, 7) is -6.40. The number of nitrogens with zero attached hydrogens (tertiary/aromatic N) is 1. The largest absolute Gasteiger partial charge is 0.416 e. The van der Waals surface area contributed by atoms with Gasteiger partial charge in [-0.2, -0.15) is 13.2 Å². The van der Waals surface area contributed by atoms with E-state index in [4.69, 9.17) is 17.1 Å². The van der Waals surface area contributed by atoms with Crippen molar-refractivity contribution in [1.82, 2.24) is 9.88 Å². The molecule has 1 amide bonds. The highest BCUT2D eigenvalue weighted by Gasteiger charge is 2.33. The lowest BCUT2D eigenvalue weighted by Crippen LogP contribution is -2.30. The number of aryl methyl sites for hydroxylation is 1. The van der Waals surface area contributed by atoms with E-state index in [-0.39, 0.29) is 43.4 Å². The Morgan fingerprint density at radius 1 is 1.10 bits per heavy atom. The molecule has 0 radical (unpaired) electrons. The molecule has 12 heteroatoms. The Balaban J connectivity index is 1.74. The molecule has 1 heterocycles. The fourth-order valence-corrected chi connectivity index (χ4v) is 5.49. The van der Waals surface area contributed by atoms with Crippen LogP contribution < -0.4 is 5.32 Å². The molecule has 6 nitrogen and oxygen atoms in total. The maximum absolute atomic E-state index is 14.6. The van der Waals surface area contributed by atoms with Gasteiger partial charge in [-0.25, -0.2) is 12.8 Å². The molecule has 0 aliphatic rings. The van der Waals surface area contributed by atoms with Crippen molar-refractivity contribution < 1.29 is 41.4 Å². The molecule has 1 unspecified atom stereocenters.